The Hall–Kier alpha value is -0.520. The molecular weight excluding hydrogens is 314 g/mol. The lowest BCUT2D eigenvalue weighted by Crippen LogP contribution is -2.43. The average molecular weight is 333 g/mol. The van der Waals surface area contributed by atoms with E-state index in [9.17, 15) is 8.78 Å². The van der Waals surface area contributed by atoms with Crippen molar-refractivity contribution >= 4 is 15.9 Å². The Morgan fingerprint density at radius 3 is 2.89 bits per heavy atom. The van der Waals surface area contributed by atoms with Gasteiger partial charge in [-0.3, -0.25) is 0 Å². The Morgan fingerprint density at radius 2 is 2.16 bits per heavy atom. The van der Waals surface area contributed by atoms with E-state index in [4.69, 9.17) is 0 Å². The molecule has 0 spiro atoms. The summed E-state index contributed by atoms with van der Waals surface area (Å²) in [5.74, 6) is -1.00. The average Bonchev–Trinajstić information content (AvgIpc) is 2.40. The van der Waals surface area contributed by atoms with Crippen LogP contribution in [0.2, 0.25) is 0 Å². The lowest BCUT2D eigenvalue weighted by atomic mass is 10.0. The first-order valence-electron chi connectivity index (χ1n) is 6.63. The van der Waals surface area contributed by atoms with Crippen LogP contribution in [-0.2, 0) is 6.54 Å². The first kappa shape index (κ1) is 14.9. The molecule has 1 fully saturated rings. The Morgan fingerprint density at radius 1 is 1.37 bits per heavy atom. The molecule has 1 heterocycles. The summed E-state index contributed by atoms with van der Waals surface area (Å²) < 4.78 is 27.6. The molecule has 19 heavy (non-hydrogen) atoms. The second kappa shape index (κ2) is 6.77. The summed E-state index contributed by atoms with van der Waals surface area (Å²) in [6.07, 6.45) is 3.62. The second-order valence-corrected chi connectivity index (χ2v) is 5.94. The number of rotatable bonds is 4. The Bertz CT molecular complexity index is 440. The van der Waals surface area contributed by atoms with Crippen LogP contribution in [0.4, 0.5) is 8.78 Å². The van der Waals surface area contributed by atoms with Gasteiger partial charge in [0.05, 0.1) is 4.47 Å². The molecule has 1 atom stereocenters. The highest BCUT2D eigenvalue weighted by molar-refractivity contribution is 9.10. The predicted molar refractivity (Wildman–Crippen MR) is 76.0 cm³/mol. The van der Waals surface area contributed by atoms with E-state index in [0.29, 0.717) is 10.5 Å². The van der Waals surface area contributed by atoms with Gasteiger partial charge in [0.2, 0.25) is 0 Å². The van der Waals surface area contributed by atoms with Crippen molar-refractivity contribution in [2.45, 2.75) is 31.8 Å². The van der Waals surface area contributed by atoms with Crippen LogP contribution in [-0.4, -0.2) is 31.1 Å². The summed E-state index contributed by atoms with van der Waals surface area (Å²) >= 11 is 3.08. The monoisotopic (exact) mass is 332 g/mol. The maximum absolute atomic E-state index is 13.8. The molecule has 1 unspecified atom stereocenters. The first-order valence-corrected chi connectivity index (χ1v) is 7.42. The van der Waals surface area contributed by atoms with Crippen molar-refractivity contribution in [2.24, 2.45) is 0 Å². The molecule has 106 valence electrons. The maximum atomic E-state index is 13.8. The SMILES string of the molecule is CN1CCCCC1CNCc1c(F)ccc(Br)c1F. The molecule has 1 N–H and O–H groups in total. The number of hydrogen-bond acceptors (Lipinski definition) is 2. The smallest absolute Gasteiger partial charge is 0.144 e. The fraction of sp³-hybridized carbons (Fsp3) is 0.571. The Kier molecular flexibility index (Phi) is 5.30. The van der Waals surface area contributed by atoms with Crippen molar-refractivity contribution in [3.8, 4) is 0 Å². The third-order valence-electron chi connectivity index (χ3n) is 3.74. The molecule has 1 aromatic rings. The van der Waals surface area contributed by atoms with E-state index in [1.807, 2.05) is 0 Å². The van der Waals surface area contributed by atoms with Gasteiger partial charge in [0.15, 0.2) is 0 Å². The van der Waals surface area contributed by atoms with Crippen molar-refractivity contribution in [1.29, 1.82) is 0 Å². The molecular formula is C14H19BrF2N2. The molecule has 0 bridgehead atoms. The summed E-state index contributed by atoms with van der Waals surface area (Å²) in [5, 5.41) is 3.17. The summed E-state index contributed by atoms with van der Waals surface area (Å²) in [7, 11) is 2.10. The maximum Gasteiger partial charge on any atom is 0.144 e. The molecule has 0 aliphatic carbocycles. The number of benzene rings is 1. The van der Waals surface area contributed by atoms with Crippen molar-refractivity contribution in [1.82, 2.24) is 10.2 Å². The number of nitrogens with one attached hydrogen (secondary N) is 1. The first-order chi connectivity index (χ1) is 9.09. The van der Waals surface area contributed by atoms with Gasteiger partial charge < -0.3 is 10.2 Å². The fourth-order valence-corrected chi connectivity index (χ4v) is 2.87. The summed E-state index contributed by atoms with van der Waals surface area (Å²) in [6.45, 7) is 2.09. The third kappa shape index (κ3) is 3.74. The quantitative estimate of drug-likeness (QED) is 0.851. The van der Waals surface area contributed by atoms with Gasteiger partial charge in [0.25, 0.3) is 0 Å². The molecule has 1 aliphatic heterocycles. The highest BCUT2D eigenvalue weighted by Gasteiger charge is 2.19. The minimum atomic E-state index is -0.510. The van der Waals surface area contributed by atoms with Gasteiger partial charge in [-0.1, -0.05) is 6.42 Å². The van der Waals surface area contributed by atoms with Crippen LogP contribution in [0, 0.1) is 11.6 Å². The number of likely N-dealkylation sites (N-methyl/N-ethyl adjacent to an activating group) is 1. The second-order valence-electron chi connectivity index (χ2n) is 5.08. The zero-order valence-electron chi connectivity index (χ0n) is 11.1. The van der Waals surface area contributed by atoms with Crippen molar-refractivity contribution in [3.63, 3.8) is 0 Å². The third-order valence-corrected chi connectivity index (χ3v) is 4.35. The number of nitrogens with zero attached hydrogens (tertiary/aromatic N) is 1. The zero-order chi connectivity index (χ0) is 13.8. The van der Waals surface area contributed by atoms with Gasteiger partial charge in [0.1, 0.15) is 11.6 Å². The van der Waals surface area contributed by atoms with Gasteiger partial charge in [-0.05, 0) is 54.5 Å². The Balaban J connectivity index is 1.90. The Labute approximate surface area is 121 Å². The minimum Gasteiger partial charge on any atom is -0.311 e. The van der Waals surface area contributed by atoms with E-state index in [0.717, 1.165) is 19.5 Å². The molecule has 0 aromatic heterocycles. The predicted octanol–water partition coefficient (Wildman–Crippen LogP) is 3.30. The molecule has 1 saturated heterocycles. The lowest BCUT2D eigenvalue weighted by Gasteiger charge is -2.32. The minimum absolute atomic E-state index is 0.104. The van der Waals surface area contributed by atoms with Crippen LogP contribution in [0.1, 0.15) is 24.8 Å². The highest BCUT2D eigenvalue weighted by Crippen LogP contribution is 2.21. The van der Waals surface area contributed by atoms with Crippen LogP contribution in [0.3, 0.4) is 0 Å². The molecule has 2 rings (SSSR count). The number of halogens is 3. The molecule has 5 heteroatoms. The molecule has 0 saturated carbocycles. The molecule has 2 nitrogen and oxygen atoms in total. The zero-order valence-corrected chi connectivity index (χ0v) is 12.6. The van der Waals surface area contributed by atoms with E-state index in [1.165, 1.54) is 25.0 Å². The van der Waals surface area contributed by atoms with E-state index < -0.39 is 11.6 Å². The van der Waals surface area contributed by atoms with Gasteiger partial charge >= 0.3 is 0 Å². The van der Waals surface area contributed by atoms with Crippen molar-refractivity contribution in [3.05, 3.63) is 33.8 Å². The van der Waals surface area contributed by atoms with E-state index in [1.54, 1.807) is 0 Å². The van der Waals surface area contributed by atoms with Gasteiger partial charge in [0, 0.05) is 24.7 Å². The highest BCUT2D eigenvalue weighted by atomic mass is 79.9. The van der Waals surface area contributed by atoms with E-state index in [2.05, 4.69) is 33.2 Å². The number of likely N-dealkylation sites (tertiary alicyclic amines) is 1. The van der Waals surface area contributed by atoms with Crippen molar-refractivity contribution in [2.75, 3.05) is 20.1 Å². The van der Waals surface area contributed by atoms with Gasteiger partial charge in [-0.25, -0.2) is 8.78 Å². The standard InChI is InChI=1S/C14H19BrF2N2/c1-19-7-3-2-4-10(19)8-18-9-11-13(16)6-5-12(15)14(11)17/h5-6,10,18H,2-4,7-9H2,1H3. The summed E-state index contributed by atoms with van der Waals surface area (Å²) in [4.78, 5) is 2.31. The van der Waals surface area contributed by atoms with E-state index >= 15 is 0 Å². The normalized spacial score (nSPS) is 20.7. The number of piperidine rings is 1. The molecule has 0 amide bonds. The molecule has 0 radical (unpaired) electrons. The largest absolute Gasteiger partial charge is 0.311 e. The fourth-order valence-electron chi connectivity index (χ4n) is 2.50. The topological polar surface area (TPSA) is 15.3 Å². The molecule has 1 aromatic carbocycles. The van der Waals surface area contributed by atoms with Crippen LogP contribution >= 0.6 is 15.9 Å². The summed E-state index contributed by atoms with van der Waals surface area (Å²) in [6, 6.07) is 3.15. The summed E-state index contributed by atoms with van der Waals surface area (Å²) in [5.41, 5.74) is 0.104. The van der Waals surface area contributed by atoms with E-state index in [-0.39, 0.29) is 12.1 Å². The lowest BCUT2D eigenvalue weighted by molar-refractivity contribution is 0.181. The van der Waals surface area contributed by atoms with Crippen LogP contribution in [0.25, 0.3) is 0 Å². The van der Waals surface area contributed by atoms with Crippen molar-refractivity contribution < 1.29 is 8.78 Å². The van der Waals surface area contributed by atoms with Gasteiger partial charge in [-0.2, -0.15) is 0 Å². The van der Waals surface area contributed by atoms with Crippen LogP contribution < -0.4 is 5.32 Å². The number of hydrogen-bond donors (Lipinski definition) is 1. The van der Waals surface area contributed by atoms with Gasteiger partial charge in [-0.15, -0.1) is 0 Å². The molecule has 1 aliphatic rings. The van der Waals surface area contributed by atoms with Crippen LogP contribution in [0.15, 0.2) is 16.6 Å². The van der Waals surface area contributed by atoms with Crippen LogP contribution in [0.5, 0.6) is 0 Å².